The molecular weight excluding hydrogens is 420 g/mol. The van der Waals surface area contributed by atoms with Crippen LogP contribution in [0.3, 0.4) is 0 Å². The number of H-pyrrole nitrogens is 1. The second-order valence-electron chi connectivity index (χ2n) is 8.26. The fourth-order valence-corrected chi connectivity index (χ4v) is 4.15. The number of aromatic amines is 1. The molecule has 0 aromatic carbocycles. The SMILES string of the molecule is COc1nc(C)cc(C)c1CNC(=O)C1CCN(C(=O)c2cc(-c3ccncc3)[nH]n2)CC1. The average molecular weight is 449 g/mol. The number of piperidine rings is 1. The molecule has 1 aliphatic rings. The summed E-state index contributed by atoms with van der Waals surface area (Å²) in [5, 5.41) is 10.1. The molecule has 1 fully saturated rings. The number of carbonyl (C=O) groups excluding carboxylic acids is 2. The van der Waals surface area contributed by atoms with Gasteiger partial charge in [0.15, 0.2) is 5.69 Å². The van der Waals surface area contributed by atoms with Crippen LogP contribution >= 0.6 is 0 Å². The average Bonchev–Trinajstić information content (AvgIpc) is 3.33. The summed E-state index contributed by atoms with van der Waals surface area (Å²) in [6.07, 6.45) is 4.61. The lowest BCUT2D eigenvalue weighted by Crippen LogP contribution is -2.43. The lowest BCUT2D eigenvalue weighted by Gasteiger charge is -2.31. The molecule has 3 aromatic rings. The van der Waals surface area contributed by atoms with E-state index in [1.165, 1.54) is 0 Å². The number of aryl methyl sites for hydroxylation is 2. The van der Waals surface area contributed by atoms with Crippen molar-refractivity contribution in [2.45, 2.75) is 33.2 Å². The highest BCUT2D eigenvalue weighted by Crippen LogP contribution is 2.23. The van der Waals surface area contributed by atoms with Gasteiger partial charge in [0, 0.05) is 54.8 Å². The maximum absolute atomic E-state index is 12.9. The third-order valence-electron chi connectivity index (χ3n) is 6.01. The van der Waals surface area contributed by atoms with Crippen LogP contribution in [0.25, 0.3) is 11.3 Å². The van der Waals surface area contributed by atoms with Crippen molar-refractivity contribution >= 4 is 11.8 Å². The van der Waals surface area contributed by atoms with E-state index in [2.05, 4.69) is 25.5 Å². The van der Waals surface area contributed by atoms with Crippen LogP contribution in [0.5, 0.6) is 5.88 Å². The zero-order chi connectivity index (χ0) is 23.4. The van der Waals surface area contributed by atoms with Gasteiger partial charge >= 0.3 is 0 Å². The molecule has 1 aliphatic heterocycles. The largest absolute Gasteiger partial charge is 0.481 e. The smallest absolute Gasteiger partial charge is 0.274 e. The lowest BCUT2D eigenvalue weighted by atomic mass is 9.95. The van der Waals surface area contributed by atoms with Crippen LogP contribution in [0.2, 0.25) is 0 Å². The number of amides is 2. The van der Waals surface area contributed by atoms with E-state index in [1.807, 2.05) is 32.0 Å². The molecule has 33 heavy (non-hydrogen) atoms. The molecule has 0 radical (unpaired) electrons. The van der Waals surface area contributed by atoms with Gasteiger partial charge in [0.05, 0.1) is 12.8 Å². The normalized spacial score (nSPS) is 14.2. The van der Waals surface area contributed by atoms with Gasteiger partial charge < -0.3 is 15.0 Å². The topological polar surface area (TPSA) is 113 Å². The molecule has 4 rings (SSSR count). The summed E-state index contributed by atoms with van der Waals surface area (Å²) in [5.41, 5.74) is 4.85. The number of hydrogen-bond donors (Lipinski definition) is 2. The van der Waals surface area contributed by atoms with Crippen molar-refractivity contribution in [3.63, 3.8) is 0 Å². The van der Waals surface area contributed by atoms with E-state index >= 15 is 0 Å². The Morgan fingerprint density at radius 3 is 2.61 bits per heavy atom. The third-order valence-corrected chi connectivity index (χ3v) is 6.01. The van der Waals surface area contributed by atoms with Crippen LogP contribution in [-0.4, -0.2) is 57.1 Å². The molecule has 0 spiro atoms. The van der Waals surface area contributed by atoms with Crippen molar-refractivity contribution in [3.8, 4) is 17.1 Å². The Bertz CT molecular complexity index is 1140. The Morgan fingerprint density at radius 2 is 1.91 bits per heavy atom. The monoisotopic (exact) mass is 448 g/mol. The summed E-state index contributed by atoms with van der Waals surface area (Å²) in [7, 11) is 1.58. The molecular formula is C24H28N6O3. The molecule has 4 heterocycles. The zero-order valence-corrected chi connectivity index (χ0v) is 19.1. The predicted octanol–water partition coefficient (Wildman–Crippen LogP) is 2.66. The van der Waals surface area contributed by atoms with Crippen molar-refractivity contribution in [2.24, 2.45) is 5.92 Å². The number of likely N-dealkylation sites (tertiary alicyclic amines) is 1. The number of methoxy groups -OCH3 is 1. The van der Waals surface area contributed by atoms with E-state index in [-0.39, 0.29) is 17.7 Å². The maximum atomic E-state index is 12.9. The Balaban J connectivity index is 1.31. The molecule has 3 aromatic heterocycles. The second-order valence-corrected chi connectivity index (χ2v) is 8.26. The maximum Gasteiger partial charge on any atom is 0.274 e. The van der Waals surface area contributed by atoms with Crippen LogP contribution in [0, 0.1) is 19.8 Å². The molecule has 0 aliphatic carbocycles. The van der Waals surface area contributed by atoms with Crippen LogP contribution in [0.1, 0.15) is 40.2 Å². The van der Waals surface area contributed by atoms with Crippen molar-refractivity contribution in [1.29, 1.82) is 0 Å². The summed E-state index contributed by atoms with van der Waals surface area (Å²) in [6.45, 7) is 5.30. The first kappa shape index (κ1) is 22.4. The molecule has 1 saturated heterocycles. The molecule has 0 atom stereocenters. The number of aromatic nitrogens is 4. The Labute approximate surface area is 192 Å². The molecule has 0 unspecified atom stereocenters. The minimum Gasteiger partial charge on any atom is -0.481 e. The lowest BCUT2D eigenvalue weighted by molar-refractivity contribution is -0.126. The van der Waals surface area contributed by atoms with Gasteiger partial charge in [-0.25, -0.2) is 4.98 Å². The van der Waals surface area contributed by atoms with Gasteiger partial charge in [-0.3, -0.25) is 19.7 Å². The highest BCUT2D eigenvalue weighted by atomic mass is 16.5. The van der Waals surface area contributed by atoms with E-state index < -0.39 is 0 Å². The second kappa shape index (κ2) is 9.81. The van der Waals surface area contributed by atoms with Gasteiger partial charge in [-0.15, -0.1) is 0 Å². The quantitative estimate of drug-likeness (QED) is 0.599. The summed E-state index contributed by atoms with van der Waals surface area (Å²) in [4.78, 5) is 35.8. The molecule has 9 heteroatoms. The zero-order valence-electron chi connectivity index (χ0n) is 19.1. The minimum atomic E-state index is -0.134. The van der Waals surface area contributed by atoms with Crippen LogP contribution < -0.4 is 10.1 Å². The first-order chi connectivity index (χ1) is 16.0. The van der Waals surface area contributed by atoms with E-state index in [0.29, 0.717) is 44.0 Å². The Kier molecular flexibility index (Phi) is 6.67. The first-order valence-electron chi connectivity index (χ1n) is 11.0. The first-order valence-corrected chi connectivity index (χ1v) is 11.0. The number of rotatable bonds is 6. The van der Waals surface area contributed by atoms with Gasteiger partial charge in [-0.1, -0.05) is 0 Å². The summed E-state index contributed by atoms with van der Waals surface area (Å²) >= 11 is 0. The van der Waals surface area contributed by atoms with E-state index in [4.69, 9.17) is 4.74 Å². The fraction of sp³-hybridized carbons (Fsp3) is 0.375. The van der Waals surface area contributed by atoms with Gasteiger partial charge in [0.2, 0.25) is 11.8 Å². The highest BCUT2D eigenvalue weighted by molar-refractivity contribution is 5.93. The van der Waals surface area contributed by atoms with Crippen molar-refractivity contribution in [3.05, 3.63) is 59.2 Å². The molecule has 2 N–H and O–H groups in total. The molecule has 9 nitrogen and oxygen atoms in total. The number of carbonyl (C=O) groups is 2. The summed E-state index contributed by atoms with van der Waals surface area (Å²) in [5.74, 6) is 0.268. The number of nitrogens with zero attached hydrogens (tertiary/aromatic N) is 4. The molecule has 2 amide bonds. The van der Waals surface area contributed by atoms with Gasteiger partial charge in [-0.05, 0) is 56.5 Å². The van der Waals surface area contributed by atoms with E-state index in [1.54, 1.807) is 30.5 Å². The summed E-state index contributed by atoms with van der Waals surface area (Å²) in [6, 6.07) is 7.44. The number of nitrogens with one attached hydrogen (secondary N) is 2. The minimum absolute atomic E-state index is 0.0103. The van der Waals surface area contributed by atoms with E-state index in [0.717, 1.165) is 28.1 Å². The standard InChI is InChI=1S/C24H28N6O3/c1-15-12-16(2)27-23(33-3)19(15)14-26-22(31)18-6-10-30(11-7-18)24(32)21-13-20(28-29-21)17-4-8-25-9-5-17/h4-5,8-9,12-13,18H,6-7,10-11,14H2,1-3H3,(H,26,31)(H,28,29). The number of ether oxygens (including phenoxy) is 1. The van der Waals surface area contributed by atoms with Crippen molar-refractivity contribution < 1.29 is 14.3 Å². The van der Waals surface area contributed by atoms with E-state index in [9.17, 15) is 9.59 Å². The Morgan fingerprint density at radius 1 is 1.18 bits per heavy atom. The molecule has 0 bridgehead atoms. The van der Waals surface area contributed by atoms with Gasteiger partial charge in [-0.2, -0.15) is 5.10 Å². The van der Waals surface area contributed by atoms with Crippen molar-refractivity contribution in [1.82, 2.24) is 30.4 Å². The van der Waals surface area contributed by atoms with Crippen molar-refractivity contribution in [2.75, 3.05) is 20.2 Å². The number of pyridine rings is 2. The van der Waals surface area contributed by atoms with Crippen LogP contribution in [0.4, 0.5) is 0 Å². The number of hydrogen-bond acceptors (Lipinski definition) is 6. The fourth-order valence-electron chi connectivity index (χ4n) is 4.15. The third kappa shape index (κ3) is 5.02. The summed E-state index contributed by atoms with van der Waals surface area (Å²) < 4.78 is 5.38. The van der Waals surface area contributed by atoms with Crippen LogP contribution in [-0.2, 0) is 11.3 Å². The van der Waals surface area contributed by atoms with Gasteiger partial charge in [0.25, 0.3) is 5.91 Å². The highest BCUT2D eigenvalue weighted by Gasteiger charge is 2.29. The molecule has 0 saturated carbocycles. The Hall–Kier alpha value is -3.75. The molecule has 172 valence electrons. The van der Waals surface area contributed by atoms with Gasteiger partial charge in [0.1, 0.15) is 0 Å². The van der Waals surface area contributed by atoms with Crippen LogP contribution in [0.15, 0.2) is 36.7 Å². The predicted molar refractivity (Wildman–Crippen MR) is 123 cm³/mol.